The van der Waals surface area contributed by atoms with Crippen molar-refractivity contribution in [1.82, 2.24) is 4.90 Å². The highest BCUT2D eigenvalue weighted by atomic mass is 16.6. The van der Waals surface area contributed by atoms with Crippen molar-refractivity contribution in [3.05, 3.63) is 75.6 Å². The van der Waals surface area contributed by atoms with E-state index in [1.165, 1.54) is 17.0 Å². The van der Waals surface area contributed by atoms with E-state index in [0.29, 0.717) is 17.9 Å². The van der Waals surface area contributed by atoms with Crippen LogP contribution in [0.2, 0.25) is 0 Å². The summed E-state index contributed by atoms with van der Waals surface area (Å²) in [5.41, 5.74) is 2.83. The monoisotopic (exact) mass is 409 g/mol. The smallest absolute Gasteiger partial charge is 0.344 e. The van der Waals surface area contributed by atoms with Gasteiger partial charge in [0.1, 0.15) is 11.3 Å². The summed E-state index contributed by atoms with van der Waals surface area (Å²) in [5, 5.41) is 0.784. The third-order valence-electron chi connectivity index (χ3n) is 4.73. The van der Waals surface area contributed by atoms with Crippen molar-refractivity contribution in [3.63, 3.8) is 0 Å². The van der Waals surface area contributed by atoms with E-state index in [0.717, 1.165) is 22.1 Å². The van der Waals surface area contributed by atoms with E-state index in [9.17, 15) is 14.4 Å². The molecule has 1 heterocycles. The molecule has 1 aromatic heterocycles. The summed E-state index contributed by atoms with van der Waals surface area (Å²) in [6, 6.07) is 14.1. The zero-order valence-electron chi connectivity index (χ0n) is 17.1. The van der Waals surface area contributed by atoms with Crippen LogP contribution in [-0.4, -0.2) is 37.0 Å². The zero-order chi connectivity index (χ0) is 21.7. The summed E-state index contributed by atoms with van der Waals surface area (Å²) in [7, 11) is 1.66. The molecule has 0 saturated carbocycles. The van der Waals surface area contributed by atoms with Crippen LogP contribution in [0, 0.1) is 13.8 Å². The number of likely N-dealkylation sites (N-methyl/N-ethyl adjacent to an activating group) is 1. The number of amides is 1. The van der Waals surface area contributed by atoms with Gasteiger partial charge in [-0.1, -0.05) is 24.3 Å². The van der Waals surface area contributed by atoms with Crippen LogP contribution in [0.1, 0.15) is 16.7 Å². The third-order valence-corrected chi connectivity index (χ3v) is 4.73. The molecule has 0 N–H and O–H groups in total. The maximum Gasteiger partial charge on any atom is 0.344 e. The van der Waals surface area contributed by atoms with Crippen LogP contribution in [0.4, 0.5) is 0 Å². The van der Waals surface area contributed by atoms with Crippen LogP contribution in [0.25, 0.3) is 11.0 Å². The molecular formula is C23H23NO6. The van der Waals surface area contributed by atoms with E-state index in [1.54, 1.807) is 19.2 Å². The molecule has 7 nitrogen and oxygen atoms in total. The molecule has 0 radical (unpaired) electrons. The van der Waals surface area contributed by atoms with E-state index < -0.39 is 11.6 Å². The molecule has 0 fully saturated rings. The van der Waals surface area contributed by atoms with Crippen LogP contribution in [-0.2, 0) is 20.9 Å². The first-order valence-corrected chi connectivity index (χ1v) is 9.45. The second-order valence-electron chi connectivity index (χ2n) is 7.03. The SMILES string of the molecule is Cc1ccccc1CN(C)C(=O)COC(=O)COc1ccc2c(C)cc(=O)oc2c1. The molecular weight excluding hydrogens is 386 g/mol. The molecule has 3 rings (SSSR count). The summed E-state index contributed by atoms with van der Waals surface area (Å²) in [6.45, 7) is 3.49. The number of hydrogen-bond acceptors (Lipinski definition) is 6. The quantitative estimate of drug-likeness (QED) is 0.441. The minimum Gasteiger partial charge on any atom is -0.482 e. The lowest BCUT2D eigenvalue weighted by molar-refractivity contribution is -0.153. The van der Waals surface area contributed by atoms with Gasteiger partial charge in [0.05, 0.1) is 0 Å². The summed E-state index contributed by atoms with van der Waals surface area (Å²) in [4.78, 5) is 37.2. The van der Waals surface area contributed by atoms with E-state index >= 15 is 0 Å². The van der Waals surface area contributed by atoms with Crippen molar-refractivity contribution in [2.45, 2.75) is 20.4 Å². The highest BCUT2D eigenvalue weighted by molar-refractivity contribution is 5.82. The van der Waals surface area contributed by atoms with Gasteiger partial charge in [-0.15, -0.1) is 0 Å². The first-order chi connectivity index (χ1) is 14.3. The average Bonchev–Trinajstić information content (AvgIpc) is 2.71. The molecule has 0 aliphatic heterocycles. The molecule has 3 aromatic rings. The molecule has 2 aromatic carbocycles. The molecule has 30 heavy (non-hydrogen) atoms. The number of aryl methyl sites for hydroxylation is 2. The van der Waals surface area contributed by atoms with E-state index in [2.05, 4.69) is 0 Å². The van der Waals surface area contributed by atoms with Crippen LogP contribution in [0.15, 0.2) is 57.7 Å². The summed E-state index contributed by atoms with van der Waals surface area (Å²) in [5.74, 6) is -0.621. The number of fused-ring (bicyclic) bond motifs is 1. The first kappa shape index (κ1) is 21.1. The Kier molecular flexibility index (Phi) is 6.51. The number of carbonyl (C=O) groups excluding carboxylic acids is 2. The maximum absolute atomic E-state index is 12.2. The number of ether oxygens (including phenoxy) is 2. The molecule has 0 aliphatic rings. The van der Waals surface area contributed by atoms with Gasteiger partial charge in [-0.3, -0.25) is 4.79 Å². The molecule has 7 heteroatoms. The van der Waals surface area contributed by atoms with Crippen molar-refractivity contribution in [2.75, 3.05) is 20.3 Å². The van der Waals surface area contributed by atoms with Gasteiger partial charge in [0.2, 0.25) is 0 Å². The largest absolute Gasteiger partial charge is 0.482 e. The number of benzene rings is 2. The number of nitrogens with zero attached hydrogens (tertiary/aromatic N) is 1. The number of carbonyl (C=O) groups is 2. The van der Waals surface area contributed by atoms with Crippen LogP contribution in [0.5, 0.6) is 5.75 Å². The van der Waals surface area contributed by atoms with E-state index in [1.807, 2.05) is 38.1 Å². The van der Waals surface area contributed by atoms with Gasteiger partial charge in [-0.05, 0) is 42.7 Å². The fraction of sp³-hybridized carbons (Fsp3) is 0.261. The number of esters is 1. The second-order valence-corrected chi connectivity index (χ2v) is 7.03. The Morgan fingerprint density at radius 3 is 2.53 bits per heavy atom. The Balaban J connectivity index is 1.50. The second kappa shape index (κ2) is 9.26. The summed E-state index contributed by atoms with van der Waals surface area (Å²) < 4.78 is 15.6. The normalized spacial score (nSPS) is 10.6. The first-order valence-electron chi connectivity index (χ1n) is 9.45. The number of hydrogen-bond donors (Lipinski definition) is 0. The van der Waals surface area contributed by atoms with Gasteiger partial charge in [-0.2, -0.15) is 0 Å². The van der Waals surface area contributed by atoms with E-state index in [-0.39, 0.29) is 19.1 Å². The van der Waals surface area contributed by atoms with Crippen molar-refractivity contribution in [2.24, 2.45) is 0 Å². The van der Waals surface area contributed by atoms with E-state index in [4.69, 9.17) is 13.9 Å². The van der Waals surface area contributed by atoms with Crippen molar-refractivity contribution >= 4 is 22.8 Å². The van der Waals surface area contributed by atoms with Gasteiger partial charge >= 0.3 is 11.6 Å². The molecule has 0 bridgehead atoms. The molecule has 0 aliphatic carbocycles. The average molecular weight is 409 g/mol. The van der Waals surface area contributed by atoms with Crippen LogP contribution < -0.4 is 10.4 Å². The summed E-state index contributed by atoms with van der Waals surface area (Å²) in [6.07, 6.45) is 0. The van der Waals surface area contributed by atoms with Gasteiger partial charge in [-0.25, -0.2) is 9.59 Å². The topological polar surface area (TPSA) is 86.0 Å². The molecule has 0 saturated heterocycles. The fourth-order valence-corrected chi connectivity index (χ4v) is 2.96. The lowest BCUT2D eigenvalue weighted by atomic mass is 10.1. The lowest BCUT2D eigenvalue weighted by Gasteiger charge is -2.18. The van der Waals surface area contributed by atoms with Crippen molar-refractivity contribution in [3.8, 4) is 5.75 Å². The maximum atomic E-state index is 12.2. The van der Waals surface area contributed by atoms with Crippen molar-refractivity contribution in [1.29, 1.82) is 0 Å². The Labute approximate surface area is 173 Å². The Hall–Kier alpha value is -3.61. The minimum atomic E-state index is -0.668. The molecule has 1 amide bonds. The zero-order valence-corrected chi connectivity index (χ0v) is 17.1. The molecule has 156 valence electrons. The third kappa shape index (κ3) is 5.26. The molecule has 0 atom stereocenters. The predicted molar refractivity (Wildman–Crippen MR) is 111 cm³/mol. The number of rotatable bonds is 7. The highest BCUT2D eigenvalue weighted by Crippen LogP contribution is 2.22. The predicted octanol–water partition coefficient (Wildman–Crippen LogP) is 2.99. The standard InChI is InChI=1S/C23H23NO6/c1-15-6-4-5-7-17(15)12-24(3)21(25)13-29-23(27)14-28-18-8-9-19-16(2)10-22(26)30-20(19)11-18/h4-11H,12-14H2,1-3H3. The Morgan fingerprint density at radius 2 is 1.77 bits per heavy atom. The van der Waals surface area contributed by atoms with Gasteiger partial charge in [0.15, 0.2) is 13.2 Å². The minimum absolute atomic E-state index is 0.311. The van der Waals surface area contributed by atoms with Gasteiger partial charge < -0.3 is 18.8 Å². The van der Waals surface area contributed by atoms with Gasteiger partial charge in [0.25, 0.3) is 5.91 Å². The molecule has 0 spiro atoms. The molecule has 0 unspecified atom stereocenters. The highest BCUT2D eigenvalue weighted by Gasteiger charge is 2.14. The van der Waals surface area contributed by atoms with Crippen LogP contribution >= 0.6 is 0 Å². The summed E-state index contributed by atoms with van der Waals surface area (Å²) >= 11 is 0. The Bertz CT molecular complexity index is 1130. The Morgan fingerprint density at radius 1 is 1.00 bits per heavy atom. The van der Waals surface area contributed by atoms with Crippen LogP contribution in [0.3, 0.4) is 0 Å². The van der Waals surface area contributed by atoms with Crippen molar-refractivity contribution < 1.29 is 23.5 Å². The fourth-order valence-electron chi connectivity index (χ4n) is 2.96. The van der Waals surface area contributed by atoms with Gasteiger partial charge in [0, 0.05) is 31.1 Å². The lowest BCUT2D eigenvalue weighted by Crippen LogP contribution is -2.31.